The van der Waals surface area contributed by atoms with Crippen molar-refractivity contribution < 1.29 is 4.42 Å². The van der Waals surface area contributed by atoms with Gasteiger partial charge in [-0.25, -0.2) is 9.98 Å². The van der Waals surface area contributed by atoms with Gasteiger partial charge in [-0.3, -0.25) is 0 Å². The van der Waals surface area contributed by atoms with Crippen molar-refractivity contribution in [3.63, 3.8) is 0 Å². The molecule has 4 aromatic heterocycles. The number of nitrogens with one attached hydrogen (secondary N) is 1. The van der Waals surface area contributed by atoms with Gasteiger partial charge in [0.2, 0.25) is 0 Å². The van der Waals surface area contributed by atoms with Crippen LogP contribution < -0.4 is 5.32 Å². The zero-order chi connectivity index (χ0) is 52.4. The molecule has 1 aliphatic heterocycles. The second-order valence-corrected chi connectivity index (χ2v) is 20.9. The molecule has 0 spiro atoms. The minimum absolute atomic E-state index is 0.578. The Kier molecular flexibility index (Phi) is 9.64. The maximum Gasteiger partial charge on any atom is 0.159 e. The van der Waals surface area contributed by atoms with Gasteiger partial charge in [0, 0.05) is 82.4 Å². The number of amidine groups is 2. The third kappa shape index (κ3) is 6.74. The van der Waals surface area contributed by atoms with Gasteiger partial charge in [0.25, 0.3) is 0 Å². The number of rotatable bonds is 7. The monoisotopic (exact) mass is 1020 g/mol. The van der Waals surface area contributed by atoms with Crippen LogP contribution >= 0.6 is 0 Å². The van der Waals surface area contributed by atoms with Crippen LogP contribution in [0.5, 0.6) is 0 Å². The predicted molar refractivity (Wildman–Crippen MR) is 332 cm³/mol. The quantitative estimate of drug-likeness (QED) is 0.173. The molecule has 0 fully saturated rings. The van der Waals surface area contributed by atoms with Gasteiger partial charge in [-0.1, -0.05) is 158 Å². The molecule has 16 aromatic rings. The highest BCUT2D eigenvalue weighted by Gasteiger charge is 2.28. The average molecular weight is 1020 g/mol. The second kappa shape index (κ2) is 17.4. The van der Waals surface area contributed by atoms with E-state index < -0.39 is 6.17 Å². The third-order valence-electron chi connectivity index (χ3n) is 16.5. The van der Waals surface area contributed by atoms with Crippen LogP contribution in [-0.2, 0) is 0 Å². The summed E-state index contributed by atoms with van der Waals surface area (Å²) < 4.78 is 14.0. The smallest absolute Gasteiger partial charge is 0.159 e. The summed E-state index contributed by atoms with van der Waals surface area (Å²) in [6, 6.07) is 95.8. The predicted octanol–water partition coefficient (Wildman–Crippen LogP) is 18.2. The lowest BCUT2D eigenvalue weighted by molar-refractivity contribution is 0.667. The lowest BCUT2D eigenvalue weighted by Crippen LogP contribution is -2.34. The van der Waals surface area contributed by atoms with Crippen LogP contribution in [0.4, 0.5) is 0 Å². The fourth-order valence-electron chi connectivity index (χ4n) is 12.9. The molecule has 0 radical (unpaired) electrons. The summed E-state index contributed by atoms with van der Waals surface area (Å²) in [6.45, 7) is 0. The number of fused-ring (bicyclic) bond motifs is 13. The van der Waals surface area contributed by atoms with Gasteiger partial charge in [-0.05, 0) is 126 Å². The van der Waals surface area contributed by atoms with Crippen LogP contribution in [0.2, 0.25) is 0 Å². The summed E-state index contributed by atoms with van der Waals surface area (Å²) in [6.07, 6.45) is -0.578. The zero-order valence-corrected chi connectivity index (χ0v) is 43.1. The van der Waals surface area contributed by atoms with E-state index in [0.29, 0.717) is 5.84 Å². The highest BCUT2D eigenvalue weighted by atomic mass is 16.3. The van der Waals surface area contributed by atoms with Crippen molar-refractivity contribution in [2.75, 3.05) is 0 Å². The molecule has 7 nitrogen and oxygen atoms in total. The summed E-state index contributed by atoms with van der Waals surface area (Å²) in [5.74, 6) is 1.37. The summed E-state index contributed by atoms with van der Waals surface area (Å²) in [5, 5.41) is 15.5. The molecule has 0 saturated carbocycles. The van der Waals surface area contributed by atoms with E-state index in [0.717, 1.165) is 117 Å². The van der Waals surface area contributed by atoms with E-state index in [-0.39, 0.29) is 0 Å². The van der Waals surface area contributed by atoms with Crippen molar-refractivity contribution in [1.29, 1.82) is 0 Å². The first-order valence-corrected chi connectivity index (χ1v) is 27.2. The maximum atomic E-state index is 6.91. The average Bonchev–Trinajstić information content (AvgIpc) is 4.27. The molecule has 1 unspecified atom stereocenters. The third-order valence-corrected chi connectivity index (χ3v) is 16.5. The molecule has 374 valence electrons. The zero-order valence-electron chi connectivity index (χ0n) is 43.1. The van der Waals surface area contributed by atoms with E-state index in [2.05, 4.69) is 280 Å². The number of para-hydroxylation sites is 7. The molecule has 1 atom stereocenters. The Balaban J connectivity index is 0.909. The van der Waals surface area contributed by atoms with E-state index >= 15 is 0 Å². The van der Waals surface area contributed by atoms with E-state index in [1.54, 1.807) is 0 Å². The Morgan fingerprint density at radius 1 is 0.338 bits per heavy atom. The summed E-state index contributed by atoms with van der Waals surface area (Å²) in [4.78, 5) is 11.3. The number of benzene rings is 12. The minimum atomic E-state index is -0.578. The van der Waals surface area contributed by atoms with Crippen LogP contribution in [0.1, 0.15) is 22.9 Å². The van der Waals surface area contributed by atoms with Crippen molar-refractivity contribution in [3.05, 3.63) is 284 Å². The Labute approximate surface area is 458 Å². The van der Waals surface area contributed by atoms with Crippen molar-refractivity contribution >= 4 is 110 Å². The normalized spacial score (nSPS) is 13.9. The number of aliphatic imine (C=N–C) groups is 2. The van der Waals surface area contributed by atoms with Crippen LogP contribution in [0, 0.1) is 0 Å². The molecule has 1 N–H and O–H groups in total. The first-order valence-electron chi connectivity index (χ1n) is 27.2. The molecule has 0 amide bonds. The molecule has 0 saturated heterocycles. The fourth-order valence-corrected chi connectivity index (χ4v) is 12.9. The number of hydrogen-bond acceptors (Lipinski definition) is 4. The van der Waals surface area contributed by atoms with Gasteiger partial charge in [0.1, 0.15) is 23.2 Å². The summed E-state index contributed by atoms with van der Waals surface area (Å²) in [7, 11) is 0. The van der Waals surface area contributed by atoms with E-state index in [4.69, 9.17) is 14.4 Å². The van der Waals surface area contributed by atoms with Crippen molar-refractivity contribution in [1.82, 2.24) is 19.0 Å². The first-order chi connectivity index (χ1) is 39.7. The Hall–Kier alpha value is -10.8. The van der Waals surface area contributed by atoms with E-state index in [1.807, 2.05) is 6.07 Å². The molecular formula is C73H46N6O. The Morgan fingerprint density at radius 2 is 0.850 bits per heavy atom. The number of furan rings is 1. The minimum Gasteiger partial charge on any atom is -0.455 e. The number of nitrogens with zero attached hydrogens (tertiary/aromatic N) is 5. The van der Waals surface area contributed by atoms with Crippen molar-refractivity contribution in [2.24, 2.45) is 9.98 Å². The van der Waals surface area contributed by atoms with Crippen LogP contribution in [0.3, 0.4) is 0 Å². The largest absolute Gasteiger partial charge is 0.455 e. The van der Waals surface area contributed by atoms with Gasteiger partial charge in [-0.15, -0.1) is 0 Å². The molecule has 5 heterocycles. The van der Waals surface area contributed by atoms with Gasteiger partial charge < -0.3 is 23.4 Å². The number of aromatic nitrogens is 3. The molecule has 1 aliphatic rings. The summed E-state index contributed by atoms with van der Waals surface area (Å²) >= 11 is 0. The fraction of sp³-hybridized carbons (Fsp3) is 0.0137. The lowest BCUT2D eigenvalue weighted by atomic mass is 9.94. The van der Waals surface area contributed by atoms with Gasteiger partial charge in [-0.2, -0.15) is 0 Å². The van der Waals surface area contributed by atoms with E-state index in [9.17, 15) is 0 Å². The van der Waals surface area contributed by atoms with Crippen LogP contribution in [0.15, 0.2) is 281 Å². The van der Waals surface area contributed by atoms with Gasteiger partial charge in [0.05, 0.1) is 33.1 Å². The summed E-state index contributed by atoms with van der Waals surface area (Å²) in [5.41, 5.74) is 16.6. The molecule has 0 bridgehead atoms. The van der Waals surface area contributed by atoms with Crippen LogP contribution in [0.25, 0.3) is 126 Å². The number of hydrogen-bond donors (Lipinski definition) is 1. The SMILES string of the molecule is c1ccc(-n2c3ccccc3c3cc(C4=NC(c5ccc(-n6c7ccccc7c7cc8ccccc8cc76)cc5-c5cccc6c5oc5ccccc56)NC(c5ccc6c(c5)c5ccccc5n6-c5ccccc5)=N4)ccc32)cc1. The molecule has 7 heteroatoms. The highest BCUT2D eigenvalue weighted by Crippen LogP contribution is 2.43. The Bertz CT molecular complexity index is 5290. The van der Waals surface area contributed by atoms with Gasteiger partial charge in [0.15, 0.2) is 5.84 Å². The van der Waals surface area contributed by atoms with Gasteiger partial charge >= 0.3 is 0 Å². The van der Waals surface area contributed by atoms with E-state index in [1.165, 1.54) is 32.3 Å². The molecule has 17 rings (SSSR count). The standard InChI is InChI=1S/C73H46N6O/c1-3-20-49(21-4-1)77-63-30-13-9-24-52(63)60-41-47(34-38-66(60)77)71-74-72(48-35-39-67-61(42-48)53-25-10-14-31-64(53)78(67)50-22-5-2-6-23-50)76-73(75-71)58-37-36-51(44-59(58)57-29-17-28-56-55-27-12-16-33-69(55)80-70(56)57)79-65-32-15-11-26-54(65)62-40-45-18-7-8-19-46(45)43-68(62)79/h1-44,73H,(H,74,75,76). The molecule has 12 aromatic carbocycles. The van der Waals surface area contributed by atoms with Crippen molar-refractivity contribution in [2.45, 2.75) is 6.17 Å². The maximum absolute atomic E-state index is 6.91. The molecular weight excluding hydrogens is 977 g/mol. The van der Waals surface area contributed by atoms with Crippen LogP contribution in [-0.4, -0.2) is 25.4 Å². The lowest BCUT2D eigenvalue weighted by Gasteiger charge is -2.26. The second-order valence-electron chi connectivity index (χ2n) is 20.9. The molecule has 0 aliphatic carbocycles. The Morgan fingerprint density at radius 3 is 1.51 bits per heavy atom. The molecule has 80 heavy (non-hydrogen) atoms. The van der Waals surface area contributed by atoms with Crippen molar-refractivity contribution in [3.8, 4) is 28.2 Å². The first kappa shape index (κ1) is 44.4. The topological polar surface area (TPSA) is 64.7 Å². The highest BCUT2D eigenvalue weighted by molar-refractivity contribution is 6.19.